The molecule has 0 saturated carbocycles. The van der Waals surface area contributed by atoms with Crippen LogP contribution in [0, 0.1) is 17.5 Å². The molecule has 1 heterocycles. The molecule has 2 aromatic rings. The van der Waals surface area contributed by atoms with Crippen LogP contribution in [0.25, 0.3) is 11.3 Å². The van der Waals surface area contributed by atoms with Crippen molar-refractivity contribution in [1.82, 2.24) is 15.0 Å². The van der Waals surface area contributed by atoms with Gasteiger partial charge in [0.15, 0.2) is 11.6 Å². The van der Waals surface area contributed by atoms with Gasteiger partial charge >= 0.3 is 12.3 Å². The molecule has 0 aliphatic heterocycles. The van der Waals surface area contributed by atoms with Crippen molar-refractivity contribution < 1.29 is 49.4 Å². The maximum Gasteiger partial charge on any atom is 0.424 e. The van der Waals surface area contributed by atoms with Crippen molar-refractivity contribution >= 4 is 16.1 Å². The third-order valence-corrected chi connectivity index (χ3v) is 5.89. The lowest BCUT2D eigenvalue weighted by molar-refractivity contribution is -0.266. The van der Waals surface area contributed by atoms with E-state index < -0.39 is 80.0 Å². The fraction of sp³-hybridized carbons (Fsp3) is 0.478. The van der Waals surface area contributed by atoms with E-state index in [1.807, 2.05) is 4.72 Å². The van der Waals surface area contributed by atoms with Gasteiger partial charge in [0.1, 0.15) is 22.8 Å². The van der Waals surface area contributed by atoms with Crippen LogP contribution in [-0.4, -0.2) is 49.2 Å². The summed E-state index contributed by atoms with van der Waals surface area (Å²) >= 11 is 0. The summed E-state index contributed by atoms with van der Waals surface area (Å²) in [4.78, 5) is 15.4. The Balaban J connectivity index is 2.88. The predicted molar refractivity (Wildman–Crippen MR) is 125 cm³/mol. The summed E-state index contributed by atoms with van der Waals surface area (Å²) in [7, 11) is -4.17. The molecule has 0 spiro atoms. The van der Waals surface area contributed by atoms with Crippen LogP contribution >= 0.6 is 0 Å². The molecule has 0 aliphatic rings. The Morgan fingerprint density at radius 2 is 1.53 bits per heavy atom. The van der Waals surface area contributed by atoms with Gasteiger partial charge in [0.25, 0.3) is 0 Å². The highest BCUT2D eigenvalue weighted by atomic mass is 32.2. The van der Waals surface area contributed by atoms with Crippen LogP contribution in [0.15, 0.2) is 24.3 Å². The van der Waals surface area contributed by atoms with E-state index in [1.54, 1.807) is 5.32 Å². The summed E-state index contributed by atoms with van der Waals surface area (Å²) in [5.74, 6) is -4.38. The van der Waals surface area contributed by atoms with E-state index in [0.29, 0.717) is 6.26 Å². The minimum Gasteiger partial charge on any atom is -0.444 e. The average Bonchev–Trinajstić information content (AvgIpc) is 2.69. The number of alkyl carbamates (subject to hydrolysis) is 1. The number of rotatable bonds is 7. The largest absolute Gasteiger partial charge is 0.444 e. The number of carbonyl (C=O) groups is 1. The number of nitrogens with one attached hydrogen (secondary N) is 2. The van der Waals surface area contributed by atoms with Crippen LogP contribution in [0.2, 0.25) is 0 Å². The standard InChI is InChI=1S/C23H27F6N3O5S/c1-20(2,3)37-19(33)30-11-22(34,23(27,28)29)18-16(26)14(21(4,5)32-38(6,35)36)15(25)17(31-18)12-7-9-13(24)10-8-12/h7-10,32,34H,11H2,1-6H3,(H,30,33). The van der Waals surface area contributed by atoms with Gasteiger partial charge in [-0.25, -0.2) is 36.1 Å². The van der Waals surface area contributed by atoms with E-state index in [1.165, 1.54) is 20.8 Å². The van der Waals surface area contributed by atoms with E-state index in [0.717, 1.165) is 38.1 Å². The quantitative estimate of drug-likeness (QED) is 0.429. The van der Waals surface area contributed by atoms with Crippen molar-refractivity contribution in [3.05, 3.63) is 53.0 Å². The van der Waals surface area contributed by atoms with Gasteiger partial charge < -0.3 is 15.2 Å². The molecule has 1 amide bonds. The van der Waals surface area contributed by atoms with Gasteiger partial charge in [-0.1, -0.05) is 0 Å². The number of halogens is 6. The van der Waals surface area contributed by atoms with Crippen LogP contribution in [-0.2, 0) is 25.9 Å². The van der Waals surface area contributed by atoms with Gasteiger partial charge in [-0.2, -0.15) is 13.2 Å². The van der Waals surface area contributed by atoms with Crippen LogP contribution in [0.3, 0.4) is 0 Å². The average molecular weight is 572 g/mol. The number of carbonyl (C=O) groups excluding carboxylic acids is 1. The van der Waals surface area contributed by atoms with Gasteiger partial charge in [0.2, 0.25) is 15.6 Å². The maximum atomic E-state index is 15.8. The molecule has 0 radical (unpaired) electrons. The second kappa shape index (κ2) is 10.3. The first kappa shape index (κ1) is 31.3. The molecule has 1 aromatic carbocycles. The number of pyridine rings is 1. The first-order chi connectivity index (χ1) is 17.0. The minimum atomic E-state index is -5.70. The van der Waals surface area contributed by atoms with Gasteiger partial charge in [-0.15, -0.1) is 0 Å². The first-order valence-corrected chi connectivity index (χ1v) is 12.8. The molecule has 15 heteroatoms. The molecule has 2 rings (SSSR count). The zero-order valence-electron chi connectivity index (χ0n) is 21.2. The molecule has 38 heavy (non-hydrogen) atoms. The van der Waals surface area contributed by atoms with Crippen molar-refractivity contribution in [3.63, 3.8) is 0 Å². The molecule has 1 atom stereocenters. The molecule has 0 fully saturated rings. The third-order valence-electron chi connectivity index (χ3n) is 5.01. The Hall–Kier alpha value is -2.91. The summed E-state index contributed by atoms with van der Waals surface area (Å²) < 4.78 is 118. The number of sulfonamides is 1. The van der Waals surface area contributed by atoms with Gasteiger partial charge in [0, 0.05) is 11.1 Å². The SMILES string of the molecule is CC(C)(C)OC(=O)NCC(O)(c1nc(-c2ccc(F)cc2)c(F)c(C(C)(C)NS(C)(=O)=O)c1F)C(F)(F)F. The molecule has 0 aliphatic carbocycles. The number of benzene rings is 1. The second-order valence-corrected chi connectivity index (χ2v) is 11.8. The number of ether oxygens (including phenoxy) is 1. The molecular weight excluding hydrogens is 544 g/mol. The lowest BCUT2D eigenvalue weighted by Crippen LogP contribution is -2.53. The first-order valence-electron chi connectivity index (χ1n) is 10.9. The number of amides is 1. The fourth-order valence-corrected chi connectivity index (χ4v) is 4.54. The molecular formula is C23H27F6N3O5S. The van der Waals surface area contributed by atoms with Crippen molar-refractivity contribution in [2.45, 2.75) is 57.5 Å². The fourth-order valence-electron chi connectivity index (χ4n) is 3.51. The van der Waals surface area contributed by atoms with E-state index in [-0.39, 0.29) is 5.56 Å². The smallest absolute Gasteiger partial charge is 0.424 e. The summed E-state index contributed by atoms with van der Waals surface area (Å²) in [5.41, 5.74) is -11.8. The number of hydrogen-bond acceptors (Lipinski definition) is 6. The molecule has 212 valence electrons. The van der Waals surface area contributed by atoms with Crippen LogP contribution in [0.5, 0.6) is 0 Å². The predicted octanol–water partition coefficient (Wildman–Crippen LogP) is 4.22. The Bertz CT molecular complexity index is 1310. The zero-order valence-corrected chi connectivity index (χ0v) is 22.0. The zero-order chi connectivity index (χ0) is 29.5. The summed E-state index contributed by atoms with van der Waals surface area (Å²) in [6, 6.07) is 3.54. The lowest BCUT2D eigenvalue weighted by atomic mass is 9.88. The van der Waals surface area contributed by atoms with E-state index in [4.69, 9.17) is 4.74 Å². The number of alkyl halides is 3. The summed E-state index contributed by atoms with van der Waals surface area (Å²) in [6.07, 6.45) is -6.43. The Labute approximate surface area is 215 Å². The molecule has 1 aromatic heterocycles. The van der Waals surface area contributed by atoms with Crippen LogP contribution in [0.1, 0.15) is 45.9 Å². The van der Waals surface area contributed by atoms with Crippen molar-refractivity contribution in [3.8, 4) is 11.3 Å². The molecule has 8 nitrogen and oxygen atoms in total. The highest BCUT2D eigenvalue weighted by molar-refractivity contribution is 7.88. The van der Waals surface area contributed by atoms with E-state index >= 15 is 8.78 Å². The van der Waals surface area contributed by atoms with Gasteiger partial charge in [0.05, 0.1) is 18.3 Å². The normalized spacial score (nSPS) is 14.7. The second-order valence-electron chi connectivity index (χ2n) is 10.0. The molecule has 1 unspecified atom stereocenters. The van der Waals surface area contributed by atoms with Crippen LogP contribution < -0.4 is 10.0 Å². The highest BCUT2D eigenvalue weighted by Gasteiger charge is 2.59. The summed E-state index contributed by atoms with van der Waals surface area (Å²) in [5, 5.41) is 12.5. The number of nitrogens with zero attached hydrogens (tertiary/aromatic N) is 1. The minimum absolute atomic E-state index is 0.314. The monoisotopic (exact) mass is 571 g/mol. The molecule has 0 bridgehead atoms. The Morgan fingerprint density at radius 3 is 1.97 bits per heavy atom. The molecule has 3 N–H and O–H groups in total. The van der Waals surface area contributed by atoms with Crippen molar-refractivity contribution in [2.75, 3.05) is 12.8 Å². The summed E-state index contributed by atoms with van der Waals surface area (Å²) in [6.45, 7) is 4.49. The number of hydrogen-bond donors (Lipinski definition) is 3. The highest BCUT2D eigenvalue weighted by Crippen LogP contribution is 2.43. The Morgan fingerprint density at radius 1 is 1.00 bits per heavy atom. The van der Waals surface area contributed by atoms with Gasteiger partial charge in [-0.05, 0) is 58.9 Å². The van der Waals surface area contributed by atoms with Crippen LogP contribution in [0.4, 0.5) is 31.1 Å². The number of aromatic nitrogens is 1. The van der Waals surface area contributed by atoms with Crippen molar-refractivity contribution in [2.24, 2.45) is 0 Å². The van der Waals surface area contributed by atoms with Gasteiger partial charge in [-0.3, -0.25) is 0 Å². The third kappa shape index (κ3) is 7.14. The lowest BCUT2D eigenvalue weighted by Gasteiger charge is -2.34. The number of aliphatic hydroxyl groups is 1. The Kier molecular flexibility index (Phi) is 8.52. The molecule has 0 saturated heterocycles. The maximum absolute atomic E-state index is 15.8. The van der Waals surface area contributed by atoms with E-state index in [9.17, 15) is 35.9 Å². The van der Waals surface area contributed by atoms with E-state index in [2.05, 4.69) is 4.98 Å². The van der Waals surface area contributed by atoms with Crippen molar-refractivity contribution in [1.29, 1.82) is 0 Å². The topological polar surface area (TPSA) is 118 Å².